The lowest BCUT2D eigenvalue weighted by Gasteiger charge is -2.05. The van der Waals surface area contributed by atoms with Crippen LogP contribution in [-0.4, -0.2) is 6.29 Å². The summed E-state index contributed by atoms with van der Waals surface area (Å²) in [5.74, 6) is 0.344. The molecule has 0 aliphatic heterocycles. The number of aldehydes is 1. The Balaban J connectivity index is 4.31. The highest BCUT2D eigenvalue weighted by atomic mass is 16.1. The third-order valence-corrected chi connectivity index (χ3v) is 1.85. The molecule has 0 aliphatic carbocycles. The Bertz CT molecular complexity index is 199. The van der Waals surface area contributed by atoms with Gasteiger partial charge in [0.25, 0.3) is 0 Å². The third-order valence-electron chi connectivity index (χ3n) is 1.85. The molecule has 0 bridgehead atoms. The summed E-state index contributed by atoms with van der Waals surface area (Å²) < 4.78 is 0. The molecule has 1 unspecified atom stereocenters. The SMILES string of the molecule is C=C/C=C\C=C(\C=O)C(C)CC. The molecule has 0 saturated heterocycles. The molecule has 0 amide bonds. The topological polar surface area (TPSA) is 17.1 Å². The second kappa shape index (κ2) is 6.59. The van der Waals surface area contributed by atoms with Crippen LogP contribution in [0, 0.1) is 5.92 Å². The Labute approximate surface area is 74.5 Å². The molecule has 0 spiro atoms. The van der Waals surface area contributed by atoms with E-state index in [0.717, 1.165) is 18.3 Å². The van der Waals surface area contributed by atoms with Gasteiger partial charge in [0.1, 0.15) is 6.29 Å². The van der Waals surface area contributed by atoms with Gasteiger partial charge in [-0.25, -0.2) is 0 Å². The summed E-state index contributed by atoms with van der Waals surface area (Å²) in [5.41, 5.74) is 0.843. The molecule has 0 N–H and O–H groups in total. The van der Waals surface area contributed by atoms with E-state index in [1.807, 2.05) is 25.2 Å². The molecule has 1 nitrogen and oxygen atoms in total. The van der Waals surface area contributed by atoms with Gasteiger partial charge in [-0.2, -0.15) is 0 Å². The van der Waals surface area contributed by atoms with Crippen LogP contribution < -0.4 is 0 Å². The maximum Gasteiger partial charge on any atom is 0.146 e. The Morgan fingerprint density at radius 2 is 2.17 bits per heavy atom. The van der Waals surface area contributed by atoms with Crippen molar-refractivity contribution in [2.45, 2.75) is 20.3 Å². The average Bonchev–Trinajstić information content (AvgIpc) is 2.11. The zero-order valence-corrected chi connectivity index (χ0v) is 7.79. The van der Waals surface area contributed by atoms with Gasteiger partial charge in [-0.3, -0.25) is 4.79 Å². The molecule has 0 radical (unpaired) electrons. The molecule has 0 heterocycles. The standard InChI is InChI=1S/C11H16O/c1-4-6-7-8-11(9-12)10(3)5-2/h4,6-10H,1,5H2,2-3H3/b7-6-,11-8-. The van der Waals surface area contributed by atoms with Crippen LogP contribution >= 0.6 is 0 Å². The van der Waals surface area contributed by atoms with E-state index in [1.165, 1.54) is 0 Å². The molecular weight excluding hydrogens is 148 g/mol. The molecule has 1 atom stereocenters. The molecule has 0 aromatic rings. The van der Waals surface area contributed by atoms with E-state index < -0.39 is 0 Å². The maximum atomic E-state index is 10.6. The summed E-state index contributed by atoms with van der Waals surface area (Å²) >= 11 is 0. The van der Waals surface area contributed by atoms with Crippen molar-refractivity contribution in [1.29, 1.82) is 0 Å². The van der Waals surface area contributed by atoms with Crippen molar-refractivity contribution < 1.29 is 4.79 Å². The molecule has 66 valence electrons. The molecule has 0 aromatic heterocycles. The normalized spacial score (nSPS) is 14.7. The van der Waals surface area contributed by atoms with Crippen molar-refractivity contribution in [3.8, 4) is 0 Å². The first kappa shape index (κ1) is 10.9. The van der Waals surface area contributed by atoms with Crippen LogP contribution in [0.15, 0.2) is 36.5 Å². The third kappa shape index (κ3) is 3.91. The monoisotopic (exact) mass is 164 g/mol. The molecule has 0 rings (SSSR count). The van der Waals surface area contributed by atoms with E-state index in [4.69, 9.17) is 0 Å². The molecule has 1 heteroatoms. The average molecular weight is 164 g/mol. The minimum absolute atomic E-state index is 0.344. The van der Waals surface area contributed by atoms with Gasteiger partial charge < -0.3 is 0 Å². The van der Waals surface area contributed by atoms with Gasteiger partial charge in [-0.15, -0.1) is 0 Å². The smallest absolute Gasteiger partial charge is 0.146 e. The maximum absolute atomic E-state index is 10.6. The van der Waals surface area contributed by atoms with Crippen molar-refractivity contribution in [3.05, 3.63) is 36.5 Å². The Morgan fingerprint density at radius 3 is 2.58 bits per heavy atom. The van der Waals surface area contributed by atoms with Crippen LogP contribution in [-0.2, 0) is 4.79 Å². The van der Waals surface area contributed by atoms with Crippen molar-refractivity contribution in [3.63, 3.8) is 0 Å². The lowest BCUT2D eigenvalue weighted by molar-refractivity contribution is -0.105. The van der Waals surface area contributed by atoms with E-state index in [0.29, 0.717) is 5.92 Å². The number of hydrogen-bond donors (Lipinski definition) is 0. The molecule has 0 saturated carbocycles. The Hall–Kier alpha value is -1.11. The molecule has 0 aliphatic rings. The molecule has 12 heavy (non-hydrogen) atoms. The highest BCUT2D eigenvalue weighted by Crippen LogP contribution is 2.11. The van der Waals surface area contributed by atoms with Gasteiger partial charge in [-0.1, -0.05) is 44.7 Å². The number of carbonyl (C=O) groups is 1. The summed E-state index contributed by atoms with van der Waals surface area (Å²) in [6.45, 7) is 7.66. The lowest BCUT2D eigenvalue weighted by Crippen LogP contribution is -1.98. The predicted octanol–water partition coefficient (Wildman–Crippen LogP) is 2.90. The van der Waals surface area contributed by atoms with Crippen molar-refractivity contribution in [2.24, 2.45) is 5.92 Å². The molecular formula is C11H16O. The fourth-order valence-electron chi connectivity index (χ4n) is 0.801. The number of hydrogen-bond acceptors (Lipinski definition) is 1. The van der Waals surface area contributed by atoms with Crippen molar-refractivity contribution in [1.82, 2.24) is 0 Å². The largest absolute Gasteiger partial charge is 0.298 e. The van der Waals surface area contributed by atoms with Gasteiger partial charge in [-0.05, 0) is 17.9 Å². The lowest BCUT2D eigenvalue weighted by atomic mass is 9.99. The number of carbonyl (C=O) groups excluding carboxylic acids is 1. The Morgan fingerprint density at radius 1 is 1.50 bits per heavy atom. The summed E-state index contributed by atoms with van der Waals surface area (Å²) in [6.07, 6.45) is 9.08. The zero-order valence-electron chi connectivity index (χ0n) is 7.79. The summed E-state index contributed by atoms with van der Waals surface area (Å²) in [6, 6.07) is 0. The van der Waals surface area contributed by atoms with E-state index in [-0.39, 0.29) is 0 Å². The predicted molar refractivity (Wildman–Crippen MR) is 52.9 cm³/mol. The van der Waals surface area contributed by atoms with E-state index >= 15 is 0 Å². The van der Waals surface area contributed by atoms with Crippen LogP contribution in [0.2, 0.25) is 0 Å². The van der Waals surface area contributed by atoms with Crippen LogP contribution in [0.5, 0.6) is 0 Å². The van der Waals surface area contributed by atoms with E-state index in [9.17, 15) is 4.79 Å². The molecule has 0 aromatic carbocycles. The second-order valence-electron chi connectivity index (χ2n) is 2.71. The van der Waals surface area contributed by atoms with Crippen molar-refractivity contribution in [2.75, 3.05) is 0 Å². The van der Waals surface area contributed by atoms with Gasteiger partial charge in [0.2, 0.25) is 0 Å². The van der Waals surface area contributed by atoms with Crippen LogP contribution in [0.3, 0.4) is 0 Å². The van der Waals surface area contributed by atoms with Crippen LogP contribution in [0.4, 0.5) is 0 Å². The van der Waals surface area contributed by atoms with E-state index in [1.54, 1.807) is 6.08 Å². The highest BCUT2D eigenvalue weighted by Gasteiger charge is 2.02. The fourth-order valence-corrected chi connectivity index (χ4v) is 0.801. The number of rotatable bonds is 5. The summed E-state index contributed by atoms with van der Waals surface area (Å²) in [5, 5.41) is 0. The first-order valence-corrected chi connectivity index (χ1v) is 4.20. The first-order valence-electron chi connectivity index (χ1n) is 4.20. The van der Waals surface area contributed by atoms with Gasteiger partial charge in [0.15, 0.2) is 0 Å². The van der Waals surface area contributed by atoms with Crippen LogP contribution in [0.25, 0.3) is 0 Å². The minimum atomic E-state index is 0.344. The van der Waals surface area contributed by atoms with Crippen LogP contribution in [0.1, 0.15) is 20.3 Å². The molecule has 0 fully saturated rings. The van der Waals surface area contributed by atoms with Crippen molar-refractivity contribution >= 4 is 6.29 Å². The number of allylic oxidation sites excluding steroid dienone is 5. The summed E-state index contributed by atoms with van der Waals surface area (Å²) in [4.78, 5) is 10.6. The Kier molecular flexibility index (Phi) is 5.98. The quantitative estimate of drug-likeness (QED) is 0.347. The summed E-state index contributed by atoms with van der Waals surface area (Å²) in [7, 11) is 0. The van der Waals surface area contributed by atoms with Gasteiger partial charge >= 0.3 is 0 Å². The van der Waals surface area contributed by atoms with Gasteiger partial charge in [0.05, 0.1) is 0 Å². The zero-order chi connectivity index (χ0) is 9.40. The first-order chi connectivity index (χ1) is 5.76. The van der Waals surface area contributed by atoms with Gasteiger partial charge in [0, 0.05) is 0 Å². The minimum Gasteiger partial charge on any atom is -0.298 e. The second-order valence-corrected chi connectivity index (χ2v) is 2.71. The highest BCUT2D eigenvalue weighted by molar-refractivity contribution is 5.74. The fraction of sp³-hybridized carbons (Fsp3) is 0.364. The van der Waals surface area contributed by atoms with E-state index in [2.05, 4.69) is 13.5 Å².